The summed E-state index contributed by atoms with van der Waals surface area (Å²) in [6.07, 6.45) is 3.11. The highest BCUT2D eigenvalue weighted by Crippen LogP contribution is 2.38. The number of allylic oxidation sites excluding steroid dienone is 1. The van der Waals surface area contributed by atoms with Crippen LogP contribution >= 0.6 is 0 Å². The van der Waals surface area contributed by atoms with E-state index in [1.807, 2.05) is 0 Å². The number of rotatable bonds is 8. The summed E-state index contributed by atoms with van der Waals surface area (Å²) >= 11 is 0. The average Bonchev–Trinajstić information content (AvgIpc) is 2.70. The van der Waals surface area contributed by atoms with E-state index < -0.39 is 0 Å². The van der Waals surface area contributed by atoms with Crippen molar-refractivity contribution in [3.05, 3.63) is 47.5 Å². The minimum Gasteiger partial charge on any atom is -0.496 e. The molecule has 0 aliphatic carbocycles. The third-order valence-corrected chi connectivity index (χ3v) is 3.79. The smallest absolute Gasteiger partial charge is 0.203 e. The van der Waals surface area contributed by atoms with Crippen molar-refractivity contribution in [1.82, 2.24) is 0 Å². The van der Waals surface area contributed by atoms with E-state index in [9.17, 15) is 4.79 Å². The fraction of sp³-hybridized carbons (Fsp3) is 0.250. The van der Waals surface area contributed by atoms with Crippen LogP contribution in [0.1, 0.15) is 15.9 Å². The lowest BCUT2D eigenvalue weighted by Crippen LogP contribution is -2.02. The first kappa shape index (κ1) is 19.2. The Morgan fingerprint density at radius 2 is 1.27 bits per heavy atom. The van der Waals surface area contributed by atoms with E-state index in [0.29, 0.717) is 34.3 Å². The summed E-state index contributed by atoms with van der Waals surface area (Å²) < 4.78 is 26.5. The molecule has 6 nitrogen and oxygen atoms in total. The fourth-order valence-corrected chi connectivity index (χ4v) is 2.55. The number of hydrogen-bond donors (Lipinski definition) is 0. The number of benzene rings is 2. The molecule has 2 rings (SSSR count). The van der Waals surface area contributed by atoms with Gasteiger partial charge in [-0.25, -0.2) is 0 Å². The third kappa shape index (κ3) is 3.91. The van der Waals surface area contributed by atoms with Crippen LogP contribution in [0.3, 0.4) is 0 Å². The summed E-state index contributed by atoms with van der Waals surface area (Å²) in [6, 6.07) is 8.69. The quantitative estimate of drug-likeness (QED) is 0.530. The lowest BCUT2D eigenvalue weighted by molar-refractivity contribution is 0.104. The second kappa shape index (κ2) is 8.80. The molecular formula is C20H22O6. The minimum absolute atomic E-state index is 0.243. The predicted molar refractivity (Wildman–Crippen MR) is 99.0 cm³/mol. The average molecular weight is 358 g/mol. The molecule has 0 saturated heterocycles. The molecule has 0 aromatic heterocycles. The molecule has 0 bridgehead atoms. The van der Waals surface area contributed by atoms with Crippen LogP contribution in [-0.4, -0.2) is 41.3 Å². The van der Waals surface area contributed by atoms with E-state index in [1.54, 1.807) is 36.4 Å². The molecule has 0 aliphatic heterocycles. The molecule has 2 aromatic rings. The molecule has 0 spiro atoms. The maximum Gasteiger partial charge on any atom is 0.203 e. The zero-order valence-electron chi connectivity index (χ0n) is 15.5. The van der Waals surface area contributed by atoms with Gasteiger partial charge in [-0.3, -0.25) is 4.79 Å². The summed E-state index contributed by atoms with van der Waals surface area (Å²) in [7, 11) is 7.63. The van der Waals surface area contributed by atoms with Gasteiger partial charge in [0.2, 0.25) is 5.75 Å². The van der Waals surface area contributed by atoms with Crippen molar-refractivity contribution in [2.75, 3.05) is 35.5 Å². The molecule has 0 radical (unpaired) electrons. The van der Waals surface area contributed by atoms with Gasteiger partial charge in [0.05, 0.1) is 35.5 Å². The highest BCUT2D eigenvalue weighted by atomic mass is 16.5. The van der Waals surface area contributed by atoms with Gasteiger partial charge in [0.1, 0.15) is 17.1 Å². The van der Waals surface area contributed by atoms with Crippen LogP contribution in [-0.2, 0) is 0 Å². The molecule has 0 N–H and O–H groups in total. The normalized spacial score (nSPS) is 10.5. The van der Waals surface area contributed by atoms with Crippen LogP contribution < -0.4 is 23.7 Å². The molecule has 2 aromatic carbocycles. The number of ether oxygens (including phenoxy) is 5. The topological polar surface area (TPSA) is 63.2 Å². The Hall–Kier alpha value is -3.15. The monoisotopic (exact) mass is 358 g/mol. The van der Waals surface area contributed by atoms with Crippen LogP contribution in [0.4, 0.5) is 0 Å². The molecule has 0 saturated carbocycles. The minimum atomic E-state index is -0.243. The van der Waals surface area contributed by atoms with Crippen molar-refractivity contribution in [2.45, 2.75) is 0 Å². The Morgan fingerprint density at radius 3 is 1.69 bits per heavy atom. The van der Waals surface area contributed by atoms with Crippen molar-refractivity contribution in [1.29, 1.82) is 0 Å². The number of carbonyl (C=O) groups is 1. The van der Waals surface area contributed by atoms with Crippen molar-refractivity contribution < 1.29 is 28.5 Å². The maximum atomic E-state index is 12.7. The van der Waals surface area contributed by atoms with Crippen LogP contribution in [0.5, 0.6) is 28.7 Å². The maximum absolute atomic E-state index is 12.7. The summed E-state index contributed by atoms with van der Waals surface area (Å²) in [5, 5.41) is 0. The highest BCUT2D eigenvalue weighted by Gasteiger charge is 2.16. The number of ketones is 1. The zero-order valence-corrected chi connectivity index (χ0v) is 15.5. The van der Waals surface area contributed by atoms with E-state index >= 15 is 0 Å². The Kier molecular flexibility index (Phi) is 6.49. The Morgan fingerprint density at radius 1 is 0.769 bits per heavy atom. The number of carbonyl (C=O) groups excluding carboxylic acids is 1. The Labute approximate surface area is 152 Å². The molecule has 138 valence electrons. The predicted octanol–water partition coefficient (Wildman–Crippen LogP) is 3.63. The summed E-state index contributed by atoms with van der Waals surface area (Å²) in [5.41, 5.74) is 1.09. The zero-order chi connectivity index (χ0) is 19.1. The van der Waals surface area contributed by atoms with Crippen LogP contribution in [0, 0.1) is 0 Å². The lowest BCUT2D eigenvalue weighted by Gasteiger charge is -2.13. The second-order valence-electron chi connectivity index (χ2n) is 5.19. The van der Waals surface area contributed by atoms with Crippen LogP contribution in [0.25, 0.3) is 6.08 Å². The number of methoxy groups -OCH3 is 5. The summed E-state index contributed by atoms with van der Waals surface area (Å²) in [4.78, 5) is 12.7. The first-order valence-corrected chi connectivity index (χ1v) is 7.83. The first-order valence-electron chi connectivity index (χ1n) is 7.83. The SMILES string of the molecule is COc1cc(/C=C/C(=O)c2c(OC)cccc2OC)cc(OC)c1OC. The van der Waals surface area contributed by atoms with Gasteiger partial charge in [0.15, 0.2) is 17.3 Å². The summed E-state index contributed by atoms with van der Waals surface area (Å²) in [6.45, 7) is 0. The standard InChI is InChI=1S/C20H22O6/c1-22-15-7-6-8-16(23-2)19(15)14(21)10-9-13-11-17(24-3)20(26-5)18(12-13)25-4/h6-12H,1-5H3/b10-9+. The Bertz CT molecular complexity index is 763. The molecular weight excluding hydrogens is 336 g/mol. The van der Waals surface area contributed by atoms with Gasteiger partial charge in [0.25, 0.3) is 0 Å². The molecule has 0 unspecified atom stereocenters. The Balaban J connectivity index is 2.40. The molecule has 0 heterocycles. The van der Waals surface area contributed by atoms with Gasteiger partial charge in [-0.2, -0.15) is 0 Å². The van der Waals surface area contributed by atoms with Gasteiger partial charge in [-0.15, -0.1) is 0 Å². The molecule has 0 amide bonds. The number of hydrogen-bond acceptors (Lipinski definition) is 6. The van der Waals surface area contributed by atoms with Crippen molar-refractivity contribution in [2.24, 2.45) is 0 Å². The van der Waals surface area contributed by atoms with E-state index in [-0.39, 0.29) is 5.78 Å². The van der Waals surface area contributed by atoms with E-state index in [0.717, 1.165) is 5.56 Å². The van der Waals surface area contributed by atoms with Gasteiger partial charge in [-0.1, -0.05) is 12.1 Å². The highest BCUT2D eigenvalue weighted by molar-refractivity contribution is 6.10. The van der Waals surface area contributed by atoms with E-state index in [2.05, 4.69) is 0 Å². The van der Waals surface area contributed by atoms with Crippen molar-refractivity contribution in [3.63, 3.8) is 0 Å². The second-order valence-corrected chi connectivity index (χ2v) is 5.19. The van der Waals surface area contributed by atoms with Gasteiger partial charge < -0.3 is 23.7 Å². The van der Waals surface area contributed by atoms with Crippen molar-refractivity contribution in [3.8, 4) is 28.7 Å². The van der Waals surface area contributed by atoms with E-state index in [4.69, 9.17) is 23.7 Å². The van der Waals surface area contributed by atoms with Crippen molar-refractivity contribution >= 4 is 11.9 Å². The van der Waals surface area contributed by atoms with E-state index in [1.165, 1.54) is 41.6 Å². The van der Waals surface area contributed by atoms with Gasteiger partial charge >= 0.3 is 0 Å². The third-order valence-electron chi connectivity index (χ3n) is 3.79. The van der Waals surface area contributed by atoms with Gasteiger partial charge in [0, 0.05) is 0 Å². The molecule has 0 aliphatic rings. The van der Waals surface area contributed by atoms with Gasteiger partial charge in [-0.05, 0) is 35.9 Å². The van der Waals surface area contributed by atoms with Crippen LogP contribution in [0.15, 0.2) is 36.4 Å². The van der Waals surface area contributed by atoms with Crippen LogP contribution in [0.2, 0.25) is 0 Å². The molecule has 0 fully saturated rings. The molecule has 0 atom stereocenters. The first-order chi connectivity index (χ1) is 12.6. The fourth-order valence-electron chi connectivity index (χ4n) is 2.55. The lowest BCUT2D eigenvalue weighted by atomic mass is 10.1. The summed E-state index contributed by atoms with van der Waals surface area (Å²) in [5.74, 6) is 2.16. The largest absolute Gasteiger partial charge is 0.496 e. The molecule has 26 heavy (non-hydrogen) atoms. The molecule has 6 heteroatoms.